The van der Waals surface area contributed by atoms with Crippen LogP contribution in [0, 0.1) is 0 Å². The Bertz CT molecular complexity index is 832. The largest absolute Gasteiger partial charge is 0.460 e. The number of amides is 2. The van der Waals surface area contributed by atoms with Gasteiger partial charge in [-0.3, -0.25) is 9.59 Å². The number of esters is 1. The Kier molecular flexibility index (Phi) is 8.41. The van der Waals surface area contributed by atoms with Gasteiger partial charge in [-0.1, -0.05) is 60.7 Å². The summed E-state index contributed by atoms with van der Waals surface area (Å²) in [6.07, 6.45) is -0.449. The van der Waals surface area contributed by atoms with Crippen molar-refractivity contribution in [1.29, 1.82) is 0 Å². The Labute approximate surface area is 176 Å². The van der Waals surface area contributed by atoms with Gasteiger partial charge in [-0.2, -0.15) is 0 Å². The van der Waals surface area contributed by atoms with Gasteiger partial charge in [0.25, 0.3) is 0 Å². The minimum atomic E-state index is -0.899. The first-order chi connectivity index (χ1) is 14.2. The molecular formula is C23H28N2O5. The van der Waals surface area contributed by atoms with Crippen LogP contribution in [0.2, 0.25) is 0 Å². The number of benzene rings is 2. The molecule has 1 atom stereocenters. The van der Waals surface area contributed by atoms with Crippen molar-refractivity contribution in [3.63, 3.8) is 0 Å². The molecule has 2 aromatic rings. The van der Waals surface area contributed by atoms with Crippen LogP contribution in [-0.4, -0.2) is 36.2 Å². The van der Waals surface area contributed by atoms with Gasteiger partial charge in [0.05, 0.1) is 0 Å². The predicted molar refractivity (Wildman–Crippen MR) is 113 cm³/mol. The molecule has 2 aromatic carbocycles. The molecule has 0 fully saturated rings. The molecule has 0 radical (unpaired) electrons. The van der Waals surface area contributed by atoms with Gasteiger partial charge in [0.15, 0.2) is 0 Å². The fraction of sp³-hybridized carbons (Fsp3) is 0.348. The van der Waals surface area contributed by atoms with Crippen LogP contribution in [0.5, 0.6) is 0 Å². The number of carbonyl (C=O) groups is 3. The molecule has 2 N–H and O–H groups in total. The van der Waals surface area contributed by atoms with Crippen LogP contribution in [0.4, 0.5) is 4.79 Å². The summed E-state index contributed by atoms with van der Waals surface area (Å²) in [5.74, 6) is -1.07. The van der Waals surface area contributed by atoms with E-state index >= 15 is 0 Å². The predicted octanol–water partition coefficient (Wildman–Crippen LogP) is 2.98. The van der Waals surface area contributed by atoms with Crippen molar-refractivity contribution in [1.82, 2.24) is 10.6 Å². The second-order valence-electron chi connectivity index (χ2n) is 7.75. The Morgan fingerprint density at radius 1 is 0.900 bits per heavy atom. The van der Waals surface area contributed by atoms with E-state index in [0.29, 0.717) is 0 Å². The van der Waals surface area contributed by atoms with E-state index in [1.807, 2.05) is 60.7 Å². The highest BCUT2D eigenvalue weighted by Gasteiger charge is 2.25. The Morgan fingerprint density at radius 3 is 2.03 bits per heavy atom. The molecule has 0 bridgehead atoms. The standard InChI is InChI=1S/C23H28N2O5/c1-23(2,3)30-22(28)25-19(14-17-10-6-4-7-11-17)21(27)24-15-20(26)29-16-18-12-8-5-9-13-18/h4-13,19H,14-16H2,1-3H3,(H,24,27)(H,25,28). The molecule has 7 heteroatoms. The lowest BCUT2D eigenvalue weighted by molar-refractivity contribution is -0.145. The van der Waals surface area contributed by atoms with E-state index in [9.17, 15) is 14.4 Å². The van der Waals surface area contributed by atoms with Gasteiger partial charge in [0.1, 0.15) is 24.8 Å². The molecule has 7 nitrogen and oxygen atoms in total. The van der Waals surface area contributed by atoms with E-state index in [1.165, 1.54) is 0 Å². The second kappa shape index (κ2) is 11.0. The third-order valence-corrected chi connectivity index (χ3v) is 3.94. The van der Waals surface area contributed by atoms with Gasteiger partial charge in [-0.15, -0.1) is 0 Å². The topological polar surface area (TPSA) is 93.7 Å². The van der Waals surface area contributed by atoms with E-state index in [1.54, 1.807) is 20.8 Å². The molecule has 0 aliphatic carbocycles. The van der Waals surface area contributed by atoms with Crippen molar-refractivity contribution >= 4 is 18.0 Å². The lowest BCUT2D eigenvalue weighted by Crippen LogP contribution is -2.50. The molecule has 2 amide bonds. The third-order valence-electron chi connectivity index (χ3n) is 3.94. The molecule has 0 saturated carbocycles. The second-order valence-corrected chi connectivity index (χ2v) is 7.75. The van der Waals surface area contributed by atoms with Crippen molar-refractivity contribution < 1.29 is 23.9 Å². The van der Waals surface area contributed by atoms with Crippen LogP contribution >= 0.6 is 0 Å². The fourth-order valence-corrected chi connectivity index (χ4v) is 2.58. The molecule has 0 aromatic heterocycles. The van der Waals surface area contributed by atoms with Gasteiger partial charge >= 0.3 is 12.1 Å². The first-order valence-electron chi connectivity index (χ1n) is 9.73. The van der Waals surface area contributed by atoms with Crippen molar-refractivity contribution in [2.75, 3.05) is 6.54 Å². The summed E-state index contributed by atoms with van der Waals surface area (Å²) in [7, 11) is 0. The quantitative estimate of drug-likeness (QED) is 0.650. The summed E-state index contributed by atoms with van der Waals surface area (Å²) in [5.41, 5.74) is 1.02. The molecule has 30 heavy (non-hydrogen) atoms. The maximum Gasteiger partial charge on any atom is 0.408 e. The monoisotopic (exact) mass is 412 g/mol. The molecule has 2 rings (SSSR count). The summed E-state index contributed by atoms with van der Waals surface area (Å²) >= 11 is 0. The summed E-state index contributed by atoms with van der Waals surface area (Å²) < 4.78 is 10.4. The normalized spacial score (nSPS) is 11.8. The lowest BCUT2D eigenvalue weighted by atomic mass is 10.1. The van der Waals surface area contributed by atoms with Crippen molar-refractivity contribution in [3.05, 3.63) is 71.8 Å². The summed E-state index contributed by atoms with van der Waals surface area (Å²) in [6.45, 7) is 5.04. The number of ether oxygens (including phenoxy) is 2. The van der Waals surface area contributed by atoms with Gasteiger partial charge in [-0.25, -0.2) is 4.79 Å². The summed E-state index contributed by atoms with van der Waals surface area (Å²) in [6, 6.07) is 17.6. The van der Waals surface area contributed by atoms with Crippen molar-refractivity contribution in [3.8, 4) is 0 Å². The number of hydrogen-bond donors (Lipinski definition) is 2. The summed E-state index contributed by atoms with van der Waals surface area (Å²) in [5, 5.41) is 5.10. The number of carbonyl (C=O) groups excluding carboxylic acids is 3. The summed E-state index contributed by atoms with van der Waals surface area (Å²) in [4.78, 5) is 36.8. The maximum absolute atomic E-state index is 12.6. The molecule has 160 valence electrons. The Morgan fingerprint density at radius 2 is 1.47 bits per heavy atom. The average Bonchev–Trinajstić information content (AvgIpc) is 2.70. The first-order valence-corrected chi connectivity index (χ1v) is 9.73. The van der Waals surface area contributed by atoms with Gasteiger partial charge in [0.2, 0.25) is 5.91 Å². The van der Waals surface area contributed by atoms with Crippen molar-refractivity contribution in [2.45, 2.75) is 45.4 Å². The van der Waals surface area contributed by atoms with Gasteiger partial charge in [-0.05, 0) is 31.9 Å². The molecule has 1 unspecified atom stereocenters. The Hall–Kier alpha value is -3.35. The highest BCUT2D eigenvalue weighted by molar-refractivity contribution is 5.88. The highest BCUT2D eigenvalue weighted by Crippen LogP contribution is 2.09. The molecular weight excluding hydrogens is 384 g/mol. The smallest absolute Gasteiger partial charge is 0.408 e. The average molecular weight is 412 g/mol. The van der Waals surface area contributed by atoms with E-state index in [2.05, 4.69) is 10.6 Å². The van der Waals surface area contributed by atoms with E-state index in [0.717, 1.165) is 11.1 Å². The number of rotatable bonds is 8. The van der Waals surface area contributed by atoms with Crippen LogP contribution in [0.15, 0.2) is 60.7 Å². The number of nitrogens with one attached hydrogen (secondary N) is 2. The van der Waals surface area contributed by atoms with E-state index in [4.69, 9.17) is 9.47 Å². The minimum absolute atomic E-state index is 0.124. The van der Waals surface area contributed by atoms with Crippen LogP contribution < -0.4 is 10.6 Å². The van der Waals surface area contributed by atoms with Gasteiger partial charge < -0.3 is 20.1 Å². The lowest BCUT2D eigenvalue weighted by Gasteiger charge is -2.23. The third kappa shape index (κ3) is 8.77. The zero-order valence-electron chi connectivity index (χ0n) is 17.5. The minimum Gasteiger partial charge on any atom is -0.460 e. The fourth-order valence-electron chi connectivity index (χ4n) is 2.58. The van der Waals surface area contributed by atoms with Crippen LogP contribution in [0.3, 0.4) is 0 Å². The van der Waals surface area contributed by atoms with Crippen molar-refractivity contribution in [2.24, 2.45) is 0 Å². The van der Waals surface area contributed by atoms with Crippen LogP contribution in [0.1, 0.15) is 31.9 Å². The van der Waals surface area contributed by atoms with Gasteiger partial charge in [0, 0.05) is 6.42 Å². The van der Waals surface area contributed by atoms with E-state index < -0.39 is 29.6 Å². The number of alkyl carbamates (subject to hydrolysis) is 1. The SMILES string of the molecule is CC(C)(C)OC(=O)NC(Cc1ccccc1)C(=O)NCC(=O)OCc1ccccc1. The number of hydrogen-bond acceptors (Lipinski definition) is 5. The molecule has 0 aliphatic heterocycles. The zero-order valence-corrected chi connectivity index (χ0v) is 17.5. The molecule has 0 heterocycles. The van der Waals surface area contributed by atoms with Crippen LogP contribution in [0.25, 0.3) is 0 Å². The zero-order chi connectivity index (χ0) is 22.0. The molecule has 0 aliphatic rings. The Balaban J connectivity index is 1.92. The maximum atomic E-state index is 12.6. The highest BCUT2D eigenvalue weighted by atomic mass is 16.6. The molecule has 0 spiro atoms. The van der Waals surface area contributed by atoms with E-state index in [-0.39, 0.29) is 19.6 Å². The molecule has 0 saturated heterocycles. The first kappa shape index (κ1) is 22.9. The van der Waals surface area contributed by atoms with Crippen LogP contribution in [-0.2, 0) is 32.1 Å².